The molecule has 0 aliphatic carbocycles. The number of carbonyl (C=O) groups excluding carboxylic acids is 4. The van der Waals surface area contributed by atoms with Gasteiger partial charge in [0.1, 0.15) is 6.54 Å². The molecule has 0 radical (unpaired) electrons. The van der Waals surface area contributed by atoms with Crippen molar-refractivity contribution >= 4 is 65.2 Å². The van der Waals surface area contributed by atoms with E-state index in [2.05, 4.69) is 21.4 Å². The highest BCUT2D eigenvalue weighted by Gasteiger charge is 2.53. The Bertz CT molecular complexity index is 1420. The molecule has 0 spiro atoms. The van der Waals surface area contributed by atoms with Crippen molar-refractivity contribution in [1.82, 2.24) is 20.7 Å². The lowest BCUT2D eigenvalue weighted by atomic mass is 9.84. The first-order chi connectivity index (χ1) is 20.3. The van der Waals surface area contributed by atoms with Gasteiger partial charge in [0.2, 0.25) is 0 Å². The maximum Gasteiger partial charge on any atom is 0.323 e. The van der Waals surface area contributed by atoms with Crippen molar-refractivity contribution in [2.75, 3.05) is 36.8 Å². The first kappa shape index (κ1) is 35.0. The number of aliphatic carboxylic acids is 1. The number of hydrogen-bond acceptors (Lipinski definition) is 8. The summed E-state index contributed by atoms with van der Waals surface area (Å²) in [5.74, 6) is -4.18. The lowest BCUT2D eigenvalue weighted by molar-refractivity contribution is -0.165. The molecule has 2 aromatic carbocycles. The zero-order chi connectivity index (χ0) is 31.7. The van der Waals surface area contributed by atoms with Crippen molar-refractivity contribution < 1.29 is 29.1 Å². The average molecular weight is 631 g/mol. The summed E-state index contributed by atoms with van der Waals surface area (Å²) in [4.78, 5) is 65.0. The van der Waals surface area contributed by atoms with E-state index in [-0.39, 0.29) is 62.4 Å². The van der Waals surface area contributed by atoms with Crippen LogP contribution in [0.1, 0.15) is 40.5 Å². The third-order valence-electron chi connectivity index (χ3n) is 6.69. The fraction of sp³-hybridized carbons (Fsp3) is 0.296. The number of carboxylic acid groups (broad SMARTS) is 1. The van der Waals surface area contributed by atoms with E-state index in [1.54, 1.807) is 12.1 Å². The summed E-state index contributed by atoms with van der Waals surface area (Å²) < 4.78 is 0. The highest BCUT2D eigenvalue weighted by atomic mass is 35.5. The van der Waals surface area contributed by atoms with Crippen molar-refractivity contribution in [3.05, 3.63) is 59.7 Å². The Kier molecular flexibility index (Phi) is 12.2. The van der Waals surface area contributed by atoms with Crippen LogP contribution in [0, 0.1) is 10.8 Å². The van der Waals surface area contributed by atoms with Gasteiger partial charge in [0.25, 0.3) is 17.7 Å². The zero-order valence-electron chi connectivity index (χ0n) is 23.8. The Morgan fingerprint density at radius 1 is 0.886 bits per heavy atom. The quantitative estimate of drug-likeness (QED) is 0.0658. The minimum absolute atomic E-state index is 0. The van der Waals surface area contributed by atoms with Gasteiger partial charge in [-0.1, -0.05) is 0 Å². The van der Waals surface area contributed by atoms with E-state index in [9.17, 15) is 29.1 Å². The summed E-state index contributed by atoms with van der Waals surface area (Å²) in [6, 6.07) is 12.2. The number of amides is 3. The molecule has 44 heavy (non-hydrogen) atoms. The van der Waals surface area contributed by atoms with Gasteiger partial charge in [-0.15, -0.1) is 12.4 Å². The monoisotopic (exact) mass is 630 g/mol. The van der Waals surface area contributed by atoms with Crippen molar-refractivity contribution in [2.45, 2.75) is 25.3 Å². The second kappa shape index (κ2) is 15.3. The molecule has 1 aliphatic rings. The number of nitrogens with one attached hydrogen (secondary N) is 6. The van der Waals surface area contributed by atoms with E-state index < -0.39 is 41.6 Å². The number of carbonyl (C=O) groups is 5. The van der Waals surface area contributed by atoms with Crippen molar-refractivity contribution in [2.24, 2.45) is 11.5 Å². The molecular weight excluding hydrogens is 596 g/mol. The maximum absolute atomic E-state index is 13.6. The molecular formula is C27H35ClN10O6. The van der Waals surface area contributed by atoms with Crippen LogP contribution in [-0.4, -0.2) is 88.1 Å². The van der Waals surface area contributed by atoms with Crippen LogP contribution in [0.25, 0.3) is 0 Å². The predicted molar refractivity (Wildman–Crippen MR) is 165 cm³/mol. The fourth-order valence-corrected chi connectivity index (χ4v) is 4.67. The Morgan fingerprint density at radius 3 is 1.84 bits per heavy atom. The number of Topliss-reactive ketones (excluding diaryl/α,β-unsaturated/α-hetero) is 1. The molecule has 1 saturated heterocycles. The summed E-state index contributed by atoms with van der Waals surface area (Å²) in [6.07, 6.45) is 0.0144. The zero-order valence-corrected chi connectivity index (χ0v) is 24.6. The number of nitrogens with two attached hydrogens (primary N) is 2. The molecule has 3 amide bonds. The van der Waals surface area contributed by atoms with Crippen LogP contribution in [0.15, 0.2) is 48.5 Å². The number of benzene rings is 2. The van der Waals surface area contributed by atoms with Crippen LogP contribution in [0.2, 0.25) is 0 Å². The largest absolute Gasteiger partial charge is 0.480 e. The standard InChI is InChI=1S/C27H34N10O6.ClH/c1-16(38)27(11-2-12-32-22(41)17-3-7-19(8-4-17)33-25(28)29)24(43)36(15-21(39)40)13-14-37(27)35-23(42)18-5-9-20(10-6-18)34-26(30)31;/h3-10H,2,11-15H2,1H3,(H,32,41)(H,35,42)(H,39,40)(H4,28,29,33)(H4,30,31,34);1H. The second-order valence-electron chi connectivity index (χ2n) is 9.72. The molecule has 1 heterocycles. The van der Waals surface area contributed by atoms with Gasteiger partial charge in [-0.25, -0.2) is 0 Å². The Morgan fingerprint density at radius 2 is 1.39 bits per heavy atom. The minimum Gasteiger partial charge on any atom is -0.480 e. The van der Waals surface area contributed by atoms with Crippen LogP contribution in [0.3, 0.4) is 0 Å². The van der Waals surface area contributed by atoms with Gasteiger partial charge >= 0.3 is 5.97 Å². The lowest BCUT2D eigenvalue weighted by Gasteiger charge is -2.47. The number of nitrogens with zero attached hydrogens (tertiary/aromatic N) is 2. The fourth-order valence-electron chi connectivity index (χ4n) is 4.67. The SMILES string of the molecule is CC(=O)C1(CCCNC(=O)c2ccc(NC(=N)N)cc2)C(=O)N(CC(=O)O)CCN1NC(=O)c1ccc(NC(=N)N)cc1.Cl. The lowest BCUT2D eigenvalue weighted by Crippen LogP contribution is -2.73. The Balaban J connectivity index is 0.00000675. The number of piperazine rings is 1. The molecule has 1 atom stereocenters. The summed E-state index contributed by atoms with van der Waals surface area (Å²) in [6.45, 7) is 0.568. The Labute approximate surface area is 258 Å². The van der Waals surface area contributed by atoms with E-state index in [1.165, 1.54) is 48.3 Å². The number of hydrogen-bond donors (Lipinski definition) is 9. The highest BCUT2D eigenvalue weighted by molar-refractivity contribution is 6.11. The smallest absolute Gasteiger partial charge is 0.323 e. The summed E-state index contributed by atoms with van der Waals surface area (Å²) in [5.41, 5.74) is 12.9. The average Bonchev–Trinajstić information content (AvgIpc) is 2.93. The van der Waals surface area contributed by atoms with Gasteiger partial charge in [-0.2, -0.15) is 5.01 Å². The number of carboxylic acids is 1. The molecule has 3 rings (SSSR count). The summed E-state index contributed by atoms with van der Waals surface area (Å²) >= 11 is 0. The van der Waals surface area contributed by atoms with Crippen molar-refractivity contribution in [1.29, 1.82) is 10.8 Å². The van der Waals surface area contributed by atoms with Crippen LogP contribution < -0.4 is 32.8 Å². The van der Waals surface area contributed by atoms with Gasteiger partial charge in [-0.3, -0.25) is 40.2 Å². The van der Waals surface area contributed by atoms with Gasteiger partial charge < -0.3 is 37.4 Å². The molecule has 1 fully saturated rings. The molecule has 0 saturated carbocycles. The molecule has 2 aromatic rings. The second-order valence-corrected chi connectivity index (χ2v) is 9.72. The van der Waals surface area contributed by atoms with E-state index in [0.29, 0.717) is 16.9 Å². The van der Waals surface area contributed by atoms with E-state index in [0.717, 1.165) is 4.90 Å². The van der Waals surface area contributed by atoms with E-state index in [1.807, 2.05) is 0 Å². The van der Waals surface area contributed by atoms with Crippen LogP contribution >= 0.6 is 12.4 Å². The number of hydrazine groups is 1. The van der Waals surface area contributed by atoms with Gasteiger partial charge in [-0.05, 0) is 68.3 Å². The topological polar surface area (TPSA) is 260 Å². The Hall–Kier alpha value is -5.22. The van der Waals surface area contributed by atoms with Gasteiger partial charge in [0, 0.05) is 42.1 Å². The van der Waals surface area contributed by atoms with Crippen LogP contribution in [0.5, 0.6) is 0 Å². The molecule has 0 bridgehead atoms. The number of rotatable bonds is 12. The minimum atomic E-state index is -1.91. The number of ketones is 1. The molecule has 236 valence electrons. The molecule has 16 nitrogen and oxygen atoms in total. The maximum atomic E-state index is 13.6. The molecule has 1 unspecified atom stereocenters. The molecule has 11 N–H and O–H groups in total. The van der Waals surface area contributed by atoms with Crippen LogP contribution in [0.4, 0.5) is 11.4 Å². The first-order valence-corrected chi connectivity index (χ1v) is 13.1. The third kappa shape index (κ3) is 8.65. The molecule has 17 heteroatoms. The van der Waals surface area contributed by atoms with Crippen molar-refractivity contribution in [3.8, 4) is 0 Å². The highest BCUT2D eigenvalue weighted by Crippen LogP contribution is 2.28. The predicted octanol–water partition coefficient (Wildman–Crippen LogP) is 0.131. The van der Waals surface area contributed by atoms with Gasteiger partial charge in [0.15, 0.2) is 23.2 Å². The molecule has 1 aliphatic heterocycles. The normalized spacial score (nSPS) is 16.2. The first-order valence-electron chi connectivity index (χ1n) is 13.1. The molecule has 0 aromatic heterocycles. The van der Waals surface area contributed by atoms with Crippen LogP contribution in [-0.2, 0) is 14.4 Å². The van der Waals surface area contributed by atoms with E-state index >= 15 is 0 Å². The summed E-state index contributed by atoms with van der Waals surface area (Å²) in [7, 11) is 0. The van der Waals surface area contributed by atoms with Crippen molar-refractivity contribution in [3.63, 3.8) is 0 Å². The number of guanidine groups is 2. The number of halogens is 1. The number of anilines is 2. The van der Waals surface area contributed by atoms with E-state index in [4.69, 9.17) is 22.3 Å². The third-order valence-corrected chi connectivity index (χ3v) is 6.69. The van der Waals surface area contributed by atoms with Gasteiger partial charge in [0.05, 0.1) is 0 Å². The summed E-state index contributed by atoms with van der Waals surface area (Å²) in [5, 5.41) is 33.0.